The lowest BCUT2D eigenvalue weighted by Crippen LogP contribution is -2.45. The molecule has 7 rings (SSSR count). The molecule has 0 fully saturated rings. The van der Waals surface area contributed by atoms with Crippen LogP contribution in [0.4, 0.5) is 22.0 Å². The molecular weight excluding hydrogens is 1660 g/mol. The van der Waals surface area contributed by atoms with Gasteiger partial charge in [-0.05, 0) is 90.8 Å². The van der Waals surface area contributed by atoms with Crippen molar-refractivity contribution in [1.29, 1.82) is 0 Å². The first-order valence-electron chi connectivity index (χ1n) is 29.4. The second kappa shape index (κ2) is 50.4. The minimum Gasteiger partial charge on any atom is -0.398 e. The second-order valence-electron chi connectivity index (χ2n) is 19.4. The predicted molar refractivity (Wildman–Crippen MR) is 406 cm³/mol. The molecule has 7 aromatic rings. The Balaban J connectivity index is 0.00000125. The minimum absolute atomic E-state index is 0.0508. The number of halogens is 5. The van der Waals surface area contributed by atoms with Crippen molar-refractivity contribution in [2.24, 2.45) is 0 Å². The lowest BCUT2D eigenvalue weighted by atomic mass is 10.1. The van der Waals surface area contributed by atoms with Gasteiger partial charge >= 0.3 is 40.5 Å². The molecule has 602 valence electrons. The van der Waals surface area contributed by atoms with Gasteiger partial charge in [-0.1, -0.05) is 195 Å². The fourth-order valence-corrected chi connectivity index (χ4v) is 12.9. The molecule has 28 nitrogen and oxygen atoms in total. The quantitative estimate of drug-likeness (QED) is 0.00345. The smallest absolute Gasteiger partial charge is 0.331 e. The Kier molecular flexibility index (Phi) is 46.1. The predicted octanol–water partition coefficient (Wildman–Crippen LogP) is 13.3. The first kappa shape index (κ1) is 101. The van der Waals surface area contributed by atoms with E-state index < -0.39 is 124 Å². The van der Waals surface area contributed by atoms with Gasteiger partial charge in [0, 0.05) is 5.41 Å². The highest BCUT2D eigenvalue weighted by atomic mass is 32.3. The van der Waals surface area contributed by atoms with Gasteiger partial charge in [0.2, 0.25) is 43.2 Å². The number of aryl methyl sites for hydroxylation is 1. The lowest BCUT2D eigenvalue weighted by molar-refractivity contribution is -0.133. The SMILES string of the molecule is C=COOSOc1ccc(OS(=O)(=O)C=C)cc1.C=CS(=O)(=O)OC.C=CS(=O)(=O)OCCCc1ccccc1.C=CS(=O)(=O)OCc1ccccc1.C=CS(=O)(=O)OOc1ccccc1.C=CS(=O)(=O)O[Si](C)(C)c1ccccc1.C=CS(=O)(=O)Oc1c(F)c(F)c(F)c(F)c1F.C=CS(=O)(=O)Oc1ccccc1. The summed E-state index contributed by atoms with van der Waals surface area (Å²) in [5, 5.41) is 6.41. The summed E-state index contributed by atoms with van der Waals surface area (Å²) in [4.78, 5) is 8.85. The van der Waals surface area contributed by atoms with Crippen molar-refractivity contribution in [2.45, 2.75) is 32.5 Å². The Morgan fingerprint density at radius 1 is 0.382 bits per heavy atom. The van der Waals surface area contributed by atoms with Crippen LogP contribution in [0.5, 0.6) is 28.7 Å². The van der Waals surface area contributed by atoms with E-state index in [4.69, 9.17) is 8.06 Å². The molecule has 0 radical (unpaired) electrons. The molecule has 43 heteroatoms. The van der Waals surface area contributed by atoms with E-state index in [1.54, 1.807) is 72.8 Å². The highest BCUT2D eigenvalue weighted by molar-refractivity contribution is 7.92. The van der Waals surface area contributed by atoms with Crippen LogP contribution in [-0.2, 0) is 124 Å². The summed E-state index contributed by atoms with van der Waals surface area (Å²) in [6.07, 6.45) is 2.58. The number of rotatable bonds is 34. The van der Waals surface area contributed by atoms with Gasteiger partial charge in [-0.2, -0.15) is 76.1 Å². The summed E-state index contributed by atoms with van der Waals surface area (Å²) in [6.45, 7) is 31.7. The normalized spacial score (nSPS) is 11.1. The molecular formula is C67H73F5O28S9Si. The van der Waals surface area contributed by atoms with Crippen LogP contribution in [0.15, 0.2) is 285 Å². The Bertz CT molecular complexity index is 4940. The molecule has 0 spiro atoms. The zero-order valence-corrected chi connectivity index (χ0v) is 66.5. The molecule has 0 unspecified atom stereocenters. The number of benzene rings is 7. The summed E-state index contributed by atoms with van der Waals surface area (Å²) in [7, 11) is -31.1. The summed E-state index contributed by atoms with van der Waals surface area (Å²) in [5.74, 6) is -12.5. The molecule has 0 amide bonds. The van der Waals surface area contributed by atoms with Crippen molar-refractivity contribution in [2.75, 3.05) is 13.7 Å². The van der Waals surface area contributed by atoms with Crippen LogP contribution in [0.3, 0.4) is 0 Å². The van der Waals surface area contributed by atoms with Crippen molar-refractivity contribution < 1.29 is 141 Å². The molecule has 7 aromatic carbocycles. The highest BCUT2D eigenvalue weighted by Crippen LogP contribution is 2.30. The second-order valence-corrected chi connectivity index (χ2v) is 36.1. The monoisotopic (exact) mass is 1740 g/mol. The summed E-state index contributed by atoms with van der Waals surface area (Å²) in [5.41, 5.74) is 1.99. The molecule has 0 aliphatic rings. The average molecular weight is 1740 g/mol. The summed E-state index contributed by atoms with van der Waals surface area (Å²) >= 11 is 0.586. The van der Waals surface area contributed by atoms with Crippen molar-refractivity contribution in [3.8, 4) is 28.7 Å². The fraction of sp³-hybridized carbons (Fsp3) is 0.104. The van der Waals surface area contributed by atoms with Gasteiger partial charge in [-0.3, -0.25) is 12.5 Å². The molecule has 0 aromatic heterocycles. The third-order valence-corrected chi connectivity index (χ3v) is 22.1. The zero-order valence-electron chi connectivity index (χ0n) is 58.1. The number of para-hydroxylation sites is 2. The van der Waals surface area contributed by atoms with E-state index in [0.717, 1.165) is 57.6 Å². The van der Waals surface area contributed by atoms with Gasteiger partial charge in [-0.15, -0.1) is 0 Å². The molecule has 0 N–H and O–H groups in total. The molecule has 110 heavy (non-hydrogen) atoms. The van der Waals surface area contributed by atoms with E-state index in [1.807, 2.05) is 92.0 Å². The van der Waals surface area contributed by atoms with Gasteiger partial charge in [-0.25, -0.2) is 13.2 Å². The fourth-order valence-electron chi connectivity index (χ4n) is 6.06. The van der Waals surface area contributed by atoms with Crippen LogP contribution in [0, 0.1) is 29.1 Å². The molecule has 0 saturated carbocycles. The van der Waals surface area contributed by atoms with Gasteiger partial charge in [0.15, 0.2) is 5.75 Å². The van der Waals surface area contributed by atoms with E-state index in [9.17, 15) is 89.3 Å². The Morgan fingerprint density at radius 2 is 0.736 bits per heavy atom. The van der Waals surface area contributed by atoms with Crippen molar-refractivity contribution in [1.82, 2.24) is 0 Å². The maximum absolute atomic E-state index is 12.9. The van der Waals surface area contributed by atoms with Gasteiger partial charge in [0.05, 0.1) is 58.2 Å². The zero-order chi connectivity index (χ0) is 83.9. The van der Waals surface area contributed by atoms with Crippen molar-refractivity contribution >= 4 is 107 Å². The van der Waals surface area contributed by atoms with E-state index in [0.29, 0.717) is 41.1 Å². The van der Waals surface area contributed by atoms with Crippen LogP contribution in [0.2, 0.25) is 13.1 Å². The van der Waals surface area contributed by atoms with E-state index in [2.05, 4.69) is 103 Å². The third-order valence-electron chi connectivity index (χ3n) is 11.2. The van der Waals surface area contributed by atoms with Crippen LogP contribution < -0.4 is 26.8 Å². The third kappa shape index (κ3) is 44.9. The summed E-state index contributed by atoms with van der Waals surface area (Å²) in [6, 6.07) is 50.7. The average Bonchev–Trinajstić information content (AvgIpc) is 0.790. The molecule has 0 atom stereocenters. The summed E-state index contributed by atoms with van der Waals surface area (Å²) < 4.78 is 281. The topological polar surface area (TPSA) is 384 Å². The van der Waals surface area contributed by atoms with Crippen LogP contribution >= 0.6 is 12.3 Å². The maximum Gasteiger partial charge on any atom is 0.331 e. The van der Waals surface area contributed by atoms with Crippen LogP contribution in [-0.4, -0.2) is 89.4 Å². The molecule has 0 aliphatic heterocycles. The van der Waals surface area contributed by atoms with Crippen molar-refractivity contribution in [3.63, 3.8) is 0 Å². The van der Waals surface area contributed by atoms with Gasteiger partial charge in [0.25, 0.3) is 52.8 Å². The highest BCUT2D eigenvalue weighted by Gasteiger charge is 2.31. The van der Waals surface area contributed by atoms with Gasteiger partial charge < -0.3 is 30.4 Å². The van der Waals surface area contributed by atoms with Crippen molar-refractivity contribution in [3.05, 3.63) is 325 Å². The number of hydrogen-bond donors (Lipinski definition) is 0. The maximum atomic E-state index is 12.9. The molecule has 0 aliphatic carbocycles. The van der Waals surface area contributed by atoms with E-state index in [-0.39, 0.29) is 30.1 Å². The number of hydrogen-bond acceptors (Lipinski definition) is 29. The molecule has 0 saturated heterocycles. The Hall–Kier alpha value is -9.42. The standard InChI is InChI=1S/C11H14O3S.C10H10O6S2.C10H14O3SSi.C9H10O3S.C8H3F5O3S.C8H8O4S.C8H8O3S.C3H6O3S/c1-2-15(12,13)14-10-6-9-11-7-4-3-5-8-11;1-3-13-16-17-14-9-5-7-10(8-6-9)15-18(11,12)4-2;1-4-14(11,12)13-15(2,3)10-8-6-5-7-9-10;1-2-13(10,11)12-8-9-6-4-3-5-7-9;1-2-17(14,15)16-8-6(12)4(10)3(9)5(11)7(8)13;1-2-13(9,10)12-11-8-6-4-3-5-7-8;1-2-12(9,10)11-8-6-4-3-5-7-8;1-3-7(4,5)6-2/h2-5,7-8H,1,6,9-10H2;3-8H,1-2H2;4-9H,1H2,2-3H3;2-7H,1,8H2;2H,1H2;2-7H,1H2;2-7H,1H2;3H,1H2,2H3. The van der Waals surface area contributed by atoms with Gasteiger partial charge in [0.1, 0.15) is 23.5 Å². The molecule has 0 bridgehead atoms. The van der Waals surface area contributed by atoms with Crippen LogP contribution in [0.25, 0.3) is 0 Å². The molecule has 0 heterocycles. The lowest BCUT2D eigenvalue weighted by Gasteiger charge is -2.21. The first-order chi connectivity index (χ1) is 51.3. The first-order valence-corrected chi connectivity index (χ1v) is 44.8. The Labute approximate surface area is 643 Å². The largest absolute Gasteiger partial charge is 0.398 e. The van der Waals surface area contributed by atoms with E-state index in [1.165, 1.54) is 29.8 Å². The van der Waals surface area contributed by atoms with E-state index >= 15 is 0 Å². The minimum atomic E-state index is -4.64. The Morgan fingerprint density at radius 3 is 1.14 bits per heavy atom. The van der Waals surface area contributed by atoms with Crippen LogP contribution in [0.1, 0.15) is 17.5 Å².